The quantitative estimate of drug-likeness (QED) is 0.820. The molecule has 0 amide bonds. The standard InChI is InChI=1S/C21H32N2O2/c1-24-20-5-2-4-19(12-20)14-22-9-3-8-21(15-22)16-23(10-11-25-17-21)13-18-6-7-18/h2,4-5,12,18H,3,6-11,13-17H2,1H3. The molecule has 1 unspecified atom stereocenters. The van der Waals surface area contributed by atoms with Crippen LogP contribution in [0.25, 0.3) is 0 Å². The Bertz CT molecular complexity index is 575. The minimum absolute atomic E-state index is 0.322. The second kappa shape index (κ2) is 7.65. The van der Waals surface area contributed by atoms with Gasteiger partial charge < -0.3 is 14.4 Å². The molecular formula is C21H32N2O2. The molecule has 4 heteroatoms. The van der Waals surface area contributed by atoms with Gasteiger partial charge in [0.25, 0.3) is 0 Å². The Hall–Kier alpha value is -1.10. The summed E-state index contributed by atoms with van der Waals surface area (Å²) < 4.78 is 11.4. The number of piperidine rings is 1. The summed E-state index contributed by atoms with van der Waals surface area (Å²) in [5.74, 6) is 1.92. The molecule has 1 aliphatic carbocycles. The molecule has 0 aromatic heterocycles. The summed E-state index contributed by atoms with van der Waals surface area (Å²) in [6.45, 7) is 8.84. The van der Waals surface area contributed by atoms with Crippen LogP contribution in [0.15, 0.2) is 24.3 Å². The van der Waals surface area contributed by atoms with Crippen molar-refractivity contribution in [1.29, 1.82) is 0 Å². The number of rotatable bonds is 5. The van der Waals surface area contributed by atoms with Crippen LogP contribution in [0.1, 0.15) is 31.2 Å². The van der Waals surface area contributed by atoms with Gasteiger partial charge in [-0.3, -0.25) is 4.90 Å². The zero-order valence-corrected chi connectivity index (χ0v) is 15.6. The molecule has 1 saturated carbocycles. The lowest BCUT2D eigenvalue weighted by Gasteiger charge is -2.43. The molecule has 25 heavy (non-hydrogen) atoms. The van der Waals surface area contributed by atoms with E-state index in [9.17, 15) is 0 Å². The Kier molecular flexibility index (Phi) is 5.30. The van der Waals surface area contributed by atoms with E-state index in [0.717, 1.165) is 44.5 Å². The summed E-state index contributed by atoms with van der Waals surface area (Å²) in [7, 11) is 1.74. The van der Waals surface area contributed by atoms with Gasteiger partial charge in [-0.05, 0) is 55.8 Å². The number of ether oxygens (including phenoxy) is 2. The van der Waals surface area contributed by atoms with Crippen LogP contribution in [0.5, 0.6) is 5.75 Å². The maximum atomic E-state index is 6.07. The molecule has 0 N–H and O–H groups in total. The zero-order chi connectivity index (χ0) is 17.1. The van der Waals surface area contributed by atoms with Crippen molar-refractivity contribution < 1.29 is 9.47 Å². The fourth-order valence-corrected chi connectivity index (χ4v) is 4.62. The molecule has 2 saturated heterocycles. The summed E-state index contributed by atoms with van der Waals surface area (Å²) in [4.78, 5) is 5.32. The van der Waals surface area contributed by atoms with Crippen LogP contribution in [-0.4, -0.2) is 62.8 Å². The van der Waals surface area contributed by atoms with E-state index in [1.165, 1.54) is 50.9 Å². The number of benzene rings is 1. The predicted molar refractivity (Wildman–Crippen MR) is 99.9 cm³/mol. The fraction of sp³-hybridized carbons (Fsp3) is 0.714. The Morgan fingerprint density at radius 1 is 1.20 bits per heavy atom. The third-order valence-corrected chi connectivity index (χ3v) is 6.01. The first kappa shape index (κ1) is 17.3. The average molecular weight is 344 g/mol. The van der Waals surface area contributed by atoms with Crippen molar-refractivity contribution >= 4 is 0 Å². The molecule has 1 aromatic rings. The van der Waals surface area contributed by atoms with Crippen molar-refractivity contribution in [2.45, 2.75) is 32.2 Å². The molecule has 4 rings (SSSR count). The van der Waals surface area contributed by atoms with E-state index in [4.69, 9.17) is 9.47 Å². The molecule has 0 bridgehead atoms. The first-order valence-corrected chi connectivity index (χ1v) is 9.90. The van der Waals surface area contributed by atoms with Crippen molar-refractivity contribution in [2.24, 2.45) is 11.3 Å². The number of methoxy groups -OCH3 is 1. The molecule has 3 fully saturated rings. The molecule has 0 radical (unpaired) electrons. The Labute approximate surface area is 152 Å². The Balaban J connectivity index is 1.41. The molecule has 1 aromatic carbocycles. The lowest BCUT2D eigenvalue weighted by Crippen LogP contribution is -2.50. The van der Waals surface area contributed by atoms with E-state index in [2.05, 4.69) is 28.0 Å². The van der Waals surface area contributed by atoms with E-state index in [-0.39, 0.29) is 0 Å². The number of hydrogen-bond acceptors (Lipinski definition) is 4. The molecule has 138 valence electrons. The van der Waals surface area contributed by atoms with Crippen LogP contribution in [0.2, 0.25) is 0 Å². The van der Waals surface area contributed by atoms with E-state index < -0.39 is 0 Å². The largest absolute Gasteiger partial charge is 0.497 e. The highest BCUT2D eigenvalue weighted by atomic mass is 16.5. The van der Waals surface area contributed by atoms with Gasteiger partial charge >= 0.3 is 0 Å². The van der Waals surface area contributed by atoms with Gasteiger partial charge in [-0.15, -0.1) is 0 Å². The minimum Gasteiger partial charge on any atom is -0.497 e. The molecule has 2 heterocycles. The first-order valence-electron chi connectivity index (χ1n) is 9.90. The molecule has 4 nitrogen and oxygen atoms in total. The van der Waals surface area contributed by atoms with E-state index in [1.807, 2.05) is 6.07 Å². The Morgan fingerprint density at radius 2 is 2.08 bits per heavy atom. The van der Waals surface area contributed by atoms with Gasteiger partial charge in [-0.2, -0.15) is 0 Å². The third-order valence-electron chi connectivity index (χ3n) is 6.01. The summed E-state index contributed by atoms with van der Waals surface area (Å²) in [5.41, 5.74) is 1.67. The van der Waals surface area contributed by atoms with Crippen LogP contribution in [0.4, 0.5) is 0 Å². The fourth-order valence-electron chi connectivity index (χ4n) is 4.62. The first-order chi connectivity index (χ1) is 12.2. The molecular weight excluding hydrogens is 312 g/mol. The number of nitrogens with zero attached hydrogens (tertiary/aromatic N) is 2. The van der Waals surface area contributed by atoms with E-state index >= 15 is 0 Å². The van der Waals surface area contributed by atoms with Crippen LogP contribution in [0, 0.1) is 11.3 Å². The highest BCUT2D eigenvalue weighted by molar-refractivity contribution is 5.28. The summed E-state index contributed by atoms with van der Waals surface area (Å²) >= 11 is 0. The van der Waals surface area contributed by atoms with Crippen molar-refractivity contribution in [2.75, 3.05) is 53.0 Å². The molecule has 1 spiro atoms. The monoisotopic (exact) mass is 344 g/mol. The SMILES string of the molecule is COc1cccc(CN2CCCC3(COCCN(CC4CC4)C3)C2)c1. The average Bonchev–Trinajstić information content (AvgIpc) is 3.44. The topological polar surface area (TPSA) is 24.9 Å². The number of likely N-dealkylation sites (tertiary alicyclic amines) is 1. The highest BCUT2D eigenvalue weighted by Crippen LogP contribution is 2.36. The van der Waals surface area contributed by atoms with Gasteiger partial charge in [0.15, 0.2) is 0 Å². The van der Waals surface area contributed by atoms with Gasteiger partial charge in [0, 0.05) is 38.1 Å². The van der Waals surface area contributed by atoms with Gasteiger partial charge in [0.05, 0.1) is 20.3 Å². The summed E-state index contributed by atoms with van der Waals surface area (Å²) in [6, 6.07) is 8.51. The van der Waals surface area contributed by atoms with Crippen LogP contribution in [0.3, 0.4) is 0 Å². The molecule has 3 aliphatic rings. The van der Waals surface area contributed by atoms with E-state index in [0.29, 0.717) is 5.41 Å². The summed E-state index contributed by atoms with van der Waals surface area (Å²) in [6.07, 6.45) is 5.46. The maximum Gasteiger partial charge on any atom is 0.119 e. The lowest BCUT2D eigenvalue weighted by atomic mass is 9.80. The second-order valence-electron chi connectivity index (χ2n) is 8.40. The minimum atomic E-state index is 0.322. The maximum absolute atomic E-state index is 6.07. The Morgan fingerprint density at radius 3 is 2.92 bits per heavy atom. The smallest absolute Gasteiger partial charge is 0.119 e. The normalized spacial score (nSPS) is 28.8. The van der Waals surface area contributed by atoms with Crippen LogP contribution in [-0.2, 0) is 11.3 Å². The van der Waals surface area contributed by atoms with Crippen molar-refractivity contribution in [3.8, 4) is 5.75 Å². The third kappa shape index (κ3) is 4.55. The zero-order valence-electron chi connectivity index (χ0n) is 15.6. The lowest BCUT2D eigenvalue weighted by molar-refractivity contribution is 0.00273. The van der Waals surface area contributed by atoms with Crippen LogP contribution < -0.4 is 4.74 Å². The van der Waals surface area contributed by atoms with Crippen molar-refractivity contribution in [1.82, 2.24) is 9.80 Å². The number of hydrogen-bond donors (Lipinski definition) is 0. The predicted octanol–water partition coefficient (Wildman–Crippen LogP) is 3.02. The van der Waals surface area contributed by atoms with Crippen LogP contribution >= 0.6 is 0 Å². The van der Waals surface area contributed by atoms with Gasteiger partial charge in [0.1, 0.15) is 5.75 Å². The second-order valence-corrected chi connectivity index (χ2v) is 8.40. The molecule has 1 atom stereocenters. The van der Waals surface area contributed by atoms with Gasteiger partial charge in [-0.1, -0.05) is 12.1 Å². The van der Waals surface area contributed by atoms with E-state index in [1.54, 1.807) is 7.11 Å². The molecule has 2 aliphatic heterocycles. The van der Waals surface area contributed by atoms with Crippen molar-refractivity contribution in [3.63, 3.8) is 0 Å². The summed E-state index contributed by atoms with van der Waals surface area (Å²) in [5, 5.41) is 0. The van der Waals surface area contributed by atoms with Crippen molar-refractivity contribution in [3.05, 3.63) is 29.8 Å². The highest BCUT2D eigenvalue weighted by Gasteiger charge is 2.39. The van der Waals surface area contributed by atoms with Gasteiger partial charge in [-0.25, -0.2) is 0 Å². The van der Waals surface area contributed by atoms with Gasteiger partial charge in [0.2, 0.25) is 0 Å².